The number of anilines is 1. The van der Waals surface area contributed by atoms with Gasteiger partial charge in [-0.2, -0.15) is 0 Å². The molecule has 8 heteroatoms. The molecule has 2 aromatic rings. The summed E-state index contributed by atoms with van der Waals surface area (Å²) >= 11 is 1.51. The minimum atomic E-state index is -0.367. The van der Waals surface area contributed by atoms with E-state index in [0.717, 1.165) is 31.2 Å². The second-order valence-corrected chi connectivity index (χ2v) is 9.60. The van der Waals surface area contributed by atoms with Crippen LogP contribution >= 0.6 is 11.3 Å². The summed E-state index contributed by atoms with van der Waals surface area (Å²) in [4.78, 5) is 43.6. The fourth-order valence-electron chi connectivity index (χ4n) is 4.53. The summed E-state index contributed by atoms with van der Waals surface area (Å²) in [5.74, 6) is -0.467. The number of ether oxygens (including phenoxy) is 1. The normalized spacial score (nSPS) is 17.2. The molecule has 2 aliphatic rings. The van der Waals surface area contributed by atoms with Crippen molar-refractivity contribution < 1.29 is 19.1 Å². The van der Waals surface area contributed by atoms with Crippen LogP contribution in [0, 0.1) is 0 Å². The lowest BCUT2D eigenvalue weighted by molar-refractivity contribution is -0.121. The molecular weight excluding hydrogens is 438 g/mol. The number of thiophene rings is 1. The number of nitrogens with zero attached hydrogens (tertiary/aromatic N) is 2. The van der Waals surface area contributed by atoms with Gasteiger partial charge in [0, 0.05) is 36.6 Å². The molecule has 33 heavy (non-hydrogen) atoms. The minimum Gasteiger partial charge on any atom is -0.462 e. The van der Waals surface area contributed by atoms with Gasteiger partial charge in [0.1, 0.15) is 5.00 Å². The van der Waals surface area contributed by atoms with E-state index in [-0.39, 0.29) is 23.8 Å². The number of benzene rings is 1. The Labute approximate surface area is 198 Å². The molecule has 1 aliphatic heterocycles. The van der Waals surface area contributed by atoms with E-state index in [2.05, 4.69) is 10.2 Å². The van der Waals surface area contributed by atoms with E-state index < -0.39 is 0 Å². The van der Waals surface area contributed by atoms with Gasteiger partial charge in [0.05, 0.1) is 18.2 Å². The molecule has 0 unspecified atom stereocenters. The molecule has 1 N–H and O–H groups in total. The molecular formula is C25H31N3O4S. The zero-order valence-electron chi connectivity index (χ0n) is 19.3. The van der Waals surface area contributed by atoms with Crippen molar-refractivity contribution >= 4 is 34.1 Å². The van der Waals surface area contributed by atoms with E-state index >= 15 is 0 Å². The minimum absolute atomic E-state index is 0.0237. The summed E-state index contributed by atoms with van der Waals surface area (Å²) in [7, 11) is 0. The zero-order valence-corrected chi connectivity index (χ0v) is 20.1. The molecule has 0 saturated carbocycles. The highest BCUT2D eigenvalue weighted by atomic mass is 32.1. The molecule has 7 nitrogen and oxygen atoms in total. The van der Waals surface area contributed by atoms with Gasteiger partial charge in [0.2, 0.25) is 5.91 Å². The first-order valence-electron chi connectivity index (χ1n) is 11.7. The van der Waals surface area contributed by atoms with Gasteiger partial charge < -0.3 is 15.0 Å². The number of aryl methyl sites for hydroxylation is 1. The summed E-state index contributed by atoms with van der Waals surface area (Å²) in [5.41, 5.74) is 2.26. The standard InChI is InChI=1S/C25H31N3O4S/c1-3-32-25(31)21-19-11-7-8-12-20(19)33-23(21)26-22(29)17(2)27-13-15-28(16-14-27)24(30)18-9-5-4-6-10-18/h4-6,9-10,17H,3,7-8,11-16H2,1-2H3,(H,26,29)/t17-/m0/s1. The van der Waals surface area contributed by atoms with Gasteiger partial charge in [-0.15, -0.1) is 11.3 Å². The van der Waals surface area contributed by atoms with Crippen LogP contribution in [0.4, 0.5) is 5.00 Å². The Balaban J connectivity index is 1.40. The van der Waals surface area contributed by atoms with Crippen molar-refractivity contribution in [1.29, 1.82) is 0 Å². The van der Waals surface area contributed by atoms with Crippen molar-refractivity contribution in [2.45, 2.75) is 45.6 Å². The van der Waals surface area contributed by atoms with Gasteiger partial charge in [-0.3, -0.25) is 14.5 Å². The molecule has 2 heterocycles. The van der Waals surface area contributed by atoms with Gasteiger partial charge in [0.25, 0.3) is 5.91 Å². The maximum absolute atomic E-state index is 13.1. The van der Waals surface area contributed by atoms with Crippen LogP contribution in [0.5, 0.6) is 0 Å². The molecule has 1 aliphatic carbocycles. The van der Waals surface area contributed by atoms with E-state index in [4.69, 9.17) is 4.74 Å². The van der Waals surface area contributed by atoms with Crippen LogP contribution in [0.25, 0.3) is 0 Å². The maximum atomic E-state index is 13.1. The smallest absolute Gasteiger partial charge is 0.341 e. The number of hydrogen-bond acceptors (Lipinski definition) is 6. The highest BCUT2D eigenvalue weighted by Gasteiger charge is 2.31. The van der Waals surface area contributed by atoms with Crippen molar-refractivity contribution in [2.24, 2.45) is 0 Å². The summed E-state index contributed by atoms with van der Waals surface area (Å²) in [6, 6.07) is 8.91. The third-order valence-corrected chi connectivity index (χ3v) is 7.64. The van der Waals surface area contributed by atoms with Crippen LogP contribution in [0.2, 0.25) is 0 Å². The molecule has 1 atom stereocenters. The number of hydrogen-bond donors (Lipinski definition) is 1. The molecule has 4 rings (SSSR count). The quantitative estimate of drug-likeness (QED) is 0.654. The average Bonchev–Trinajstić information content (AvgIpc) is 3.21. The second kappa shape index (κ2) is 10.5. The molecule has 176 valence electrons. The van der Waals surface area contributed by atoms with Crippen LogP contribution < -0.4 is 5.32 Å². The number of rotatable bonds is 6. The first-order chi connectivity index (χ1) is 16.0. The Kier molecular flexibility index (Phi) is 7.45. The Morgan fingerprint density at radius 2 is 1.76 bits per heavy atom. The van der Waals surface area contributed by atoms with E-state index in [1.54, 1.807) is 6.92 Å². The van der Waals surface area contributed by atoms with E-state index in [0.29, 0.717) is 48.9 Å². The highest BCUT2D eigenvalue weighted by molar-refractivity contribution is 7.17. The molecule has 1 aromatic heterocycles. The Hall–Kier alpha value is -2.71. The van der Waals surface area contributed by atoms with Crippen molar-refractivity contribution in [2.75, 3.05) is 38.1 Å². The van der Waals surface area contributed by atoms with Crippen molar-refractivity contribution in [3.63, 3.8) is 0 Å². The summed E-state index contributed by atoms with van der Waals surface area (Å²) in [6.07, 6.45) is 3.94. The number of nitrogens with one attached hydrogen (secondary N) is 1. The Bertz CT molecular complexity index is 1010. The van der Waals surface area contributed by atoms with Crippen LogP contribution in [0.1, 0.15) is 57.8 Å². The number of piperazine rings is 1. The SMILES string of the molecule is CCOC(=O)c1c(NC(=O)[C@H](C)N2CCN(C(=O)c3ccccc3)CC2)sc2c1CCCC2. The Morgan fingerprint density at radius 3 is 2.45 bits per heavy atom. The highest BCUT2D eigenvalue weighted by Crippen LogP contribution is 2.38. The van der Waals surface area contributed by atoms with Gasteiger partial charge >= 0.3 is 5.97 Å². The molecule has 1 fully saturated rings. The first kappa shape index (κ1) is 23.4. The summed E-state index contributed by atoms with van der Waals surface area (Å²) in [5, 5.41) is 3.63. The van der Waals surface area contributed by atoms with Crippen molar-refractivity contribution in [1.82, 2.24) is 9.80 Å². The maximum Gasteiger partial charge on any atom is 0.341 e. The van der Waals surface area contributed by atoms with Gasteiger partial charge in [-0.25, -0.2) is 4.79 Å². The second-order valence-electron chi connectivity index (χ2n) is 8.49. The molecule has 0 spiro atoms. The van der Waals surface area contributed by atoms with Gasteiger partial charge in [-0.1, -0.05) is 18.2 Å². The van der Waals surface area contributed by atoms with Crippen molar-refractivity contribution in [3.05, 3.63) is 51.9 Å². The lowest BCUT2D eigenvalue weighted by Gasteiger charge is -2.37. The van der Waals surface area contributed by atoms with Gasteiger partial charge in [-0.05, 0) is 57.2 Å². The number of esters is 1. The van der Waals surface area contributed by atoms with Crippen LogP contribution in [-0.4, -0.2) is 66.4 Å². The van der Waals surface area contributed by atoms with E-state index in [9.17, 15) is 14.4 Å². The molecule has 1 saturated heterocycles. The van der Waals surface area contributed by atoms with Crippen LogP contribution in [0.3, 0.4) is 0 Å². The van der Waals surface area contributed by atoms with E-state index in [1.807, 2.05) is 42.2 Å². The number of fused-ring (bicyclic) bond motifs is 1. The van der Waals surface area contributed by atoms with Crippen LogP contribution in [0.15, 0.2) is 30.3 Å². The largest absolute Gasteiger partial charge is 0.462 e. The van der Waals surface area contributed by atoms with Gasteiger partial charge in [0.15, 0.2) is 0 Å². The lowest BCUT2D eigenvalue weighted by Crippen LogP contribution is -2.54. The number of carbonyl (C=O) groups excluding carboxylic acids is 3. The fourth-order valence-corrected chi connectivity index (χ4v) is 5.81. The van der Waals surface area contributed by atoms with E-state index in [1.165, 1.54) is 16.2 Å². The molecule has 0 radical (unpaired) electrons. The fraction of sp³-hybridized carbons (Fsp3) is 0.480. The predicted molar refractivity (Wildman–Crippen MR) is 129 cm³/mol. The Morgan fingerprint density at radius 1 is 1.06 bits per heavy atom. The monoisotopic (exact) mass is 469 g/mol. The first-order valence-corrected chi connectivity index (χ1v) is 12.5. The lowest BCUT2D eigenvalue weighted by atomic mass is 9.95. The van der Waals surface area contributed by atoms with Crippen molar-refractivity contribution in [3.8, 4) is 0 Å². The average molecular weight is 470 g/mol. The van der Waals surface area contributed by atoms with Crippen LogP contribution in [-0.2, 0) is 22.4 Å². The number of amides is 2. The topological polar surface area (TPSA) is 79.0 Å². The zero-order chi connectivity index (χ0) is 23.4. The third kappa shape index (κ3) is 5.12. The third-order valence-electron chi connectivity index (χ3n) is 6.44. The summed E-state index contributed by atoms with van der Waals surface area (Å²) < 4.78 is 5.29. The number of carbonyl (C=O) groups is 3. The molecule has 0 bridgehead atoms. The predicted octanol–water partition coefficient (Wildman–Crippen LogP) is 3.59. The summed E-state index contributed by atoms with van der Waals surface area (Å²) in [6.45, 7) is 6.37. The molecule has 1 aromatic carbocycles. The molecule has 2 amide bonds.